The molecule has 0 amide bonds. The summed E-state index contributed by atoms with van der Waals surface area (Å²) >= 11 is 0. The fourth-order valence-corrected chi connectivity index (χ4v) is 2.48. The third kappa shape index (κ3) is 4.50. The zero-order valence-corrected chi connectivity index (χ0v) is 13.3. The Balaban J connectivity index is 1.40. The molecule has 1 N–H and O–H groups in total. The maximum Gasteiger partial charge on any atom is 0.137 e. The SMILES string of the molecule is C[C@H](CCn1cncn1)NCCc1ccc(-n2cccn2)cc1. The van der Waals surface area contributed by atoms with E-state index >= 15 is 0 Å². The summed E-state index contributed by atoms with van der Waals surface area (Å²) in [6.07, 6.45) is 9.14. The summed E-state index contributed by atoms with van der Waals surface area (Å²) < 4.78 is 3.74. The van der Waals surface area contributed by atoms with E-state index in [1.54, 1.807) is 18.9 Å². The molecule has 0 saturated heterocycles. The zero-order valence-electron chi connectivity index (χ0n) is 13.3. The smallest absolute Gasteiger partial charge is 0.137 e. The van der Waals surface area contributed by atoms with Gasteiger partial charge < -0.3 is 5.32 Å². The molecule has 1 aromatic carbocycles. The van der Waals surface area contributed by atoms with Gasteiger partial charge in [-0.2, -0.15) is 10.2 Å². The van der Waals surface area contributed by atoms with Crippen molar-refractivity contribution in [2.24, 2.45) is 0 Å². The molecule has 0 aliphatic carbocycles. The Labute approximate surface area is 136 Å². The number of nitrogens with zero attached hydrogens (tertiary/aromatic N) is 5. The fraction of sp³-hybridized carbons (Fsp3) is 0.353. The lowest BCUT2D eigenvalue weighted by Gasteiger charge is -2.13. The average molecular weight is 310 g/mol. The molecule has 0 saturated carbocycles. The van der Waals surface area contributed by atoms with Crippen molar-refractivity contribution in [1.82, 2.24) is 29.9 Å². The number of aromatic nitrogens is 5. The Bertz CT molecular complexity index is 672. The highest BCUT2D eigenvalue weighted by atomic mass is 15.3. The lowest BCUT2D eigenvalue weighted by atomic mass is 10.1. The number of rotatable bonds is 8. The Kier molecular flexibility index (Phi) is 5.16. The largest absolute Gasteiger partial charge is 0.314 e. The molecule has 0 bridgehead atoms. The van der Waals surface area contributed by atoms with E-state index in [-0.39, 0.29) is 0 Å². The minimum atomic E-state index is 0.461. The van der Waals surface area contributed by atoms with E-state index < -0.39 is 0 Å². The first-order chi connectivity index (χ1) is 11.3. The predicted molar refractivity (Wildman–Crippen MR) is 89.4 cm³/mol. The molecule has 6 heteroatoms. The molecular weight excluding hydrogens is 288 g/mol. The van der Waals surface area contributed by atoms with Crippen molar-refractivity contribution >= 4 is 0 Å². The van der Waals surface area contributed by atoms with Crippen molar-refractivity contribution in [3.05, 3.63) is 60.9 Å². The van der Waals surface area contributed by atoms with Crippen molar-refractivity contribution in [3.63, 3.8) is 0 Å². The summed E-state index contributed by atoms with van der Waals surface area (Å²) in [4.78, 5) is 3.95. The Hall–Kier alpha value is -2.47. The molecule has 3 aromatic rings. The zero-order chi connectivity index (χ0) is 15.9. The molecule has 2 heterocycles. The number of hydrogen-bond acceptors (Lipinski definition) is 4. The van der Waals surface area contributed by atoms with Gasteiger partial charge in [-0.25, -0.2) is 9.67 Å². The van der Waals surface area contributed by atoms with Gasteiger partial charge in [-0.3, -0.25) is 4.68 Å². The van der Waals surface area contributed by atoms with E-state index in [1.807, 2.05) is 21.6 Å². The van der Waals surface area contributed by atoms with Crippen LogP contribution in [0.4, 0.5) is 0 Å². The van der Waals surface area contributed by atoms with Crippen LogP contribution in [0.15, 0.2) is 55.4 Å². The van der Waals surface area contributed by atoms with Gasteiger partial charge in [0, 0.05) is 25.0 Å². The molecule has 3 rings (SSSR count). The van der Waals surface area contributed by atoms with Crippen molar-refractivity contribution in [3.8, 4) is 5.69 Å². The van der Waals surface area contributed by atoms with Gasteiger partial charge in [0.05, 0.1) is 5.69 Å². The van der Waals surface area contributed by atoms with Crippen LogP contribution in [0.25, 0.3) is 5.69 Å². The minimum absolute atomic E-state index is 0.461. The van der Waals surface area contributed by atoms with Crippen molar-refractivity contribution in [1.29, 1.82) is 0 Å². The summed E-state index contributed by atoms with van der Waals surface area (Å²) in [6, 6.07) is 10.9. The molecule has 0 aliphatic heterocycles. The van der Waals surface area contributed by atoms with Gasteiger partial charge in [0.1, 0.15) is 12.7 Å². The van der Waals surface area contributed by atoms with Crippen LogP contribution in [-0.2, 0) is 13.0 Å². The average Bonchev–Trinajstić information content (AvgIpc) is 3.27. The standard InChI is InChI=1S/C17H22N6/c1-15(8-12-22-14-18-13-21-22)19-10-7-16-3-5-17(6-4-16)23-11-2-9-20-23/h2-6,9,11,13-15,19H,7-8,10,12H2,1H3/t15-/m1/s1. The van der Waals surface area contributed by atoms with Crippen LogP contribution in [0.5, 0.6) is 0 Å². The second kappa shape index (κ2) is 7.69. The molecule has 0 aliphatic rings. The molecule has 1 atom stereocenters. The fourth-order valence-electron chi connectivity index (χ4n) is 2.48. The van der Waals surface area contributed by atoms with Crippen LogP contribution < -0.4 is 5.32 Å². The third-order valence-electron chi connectivity index (χ3n) is 3.87. The van der Waals surface area contributed by atoms with Crippen LogP contribution in [-0.4, -0.2) is 37.1 Å². The Morgan fingerprint density at radius 3 is 2.74 bits per heavy atom. The number of nitrogens with one attached hydrogen (secondary N) is 1. The molecule has 6 nitrogen and oxygen atoms in total. The number of aryl methyl sites for hydroxylation is 1. The number of benzene rings is 1. The van der Waals surface area contributed by atoms with Crippen LogP contribution in [0.2, 0.25) is 0 Å². The molecule has 2 aromatic heterocycles. The van der Waals surface area contributed by atoms with Gasteiger partial charge in [0.2, 0.25) is 0 Å². The monoisotopic (exact) mass is 310 g/mol. The Morgan fingerprint density at radius 1 is 1.17 bits per heavy atom. The van der Waals surface area contributed by atoms with Crippen LogP contribution >= 0.6 is 0 Å². The van der Waals surface area contributed by atoms with E-state index in [9.17, 15) is 0 Å². The molecule has 23 heavy (non-hydrogen) atoms. The number of hydrogen-bond donors (Lipinski definition) is 1. The third-order valence-corrected chi connectivity index (χ3v) is 3.87. The van der Waals surface area contributed by atoms with Crippen molar-refractivity contribution in [2.75, 3.05) is 6.54 Å². The molecule has 0 unspecified atom stereocenters. The maximum atomic E-state index is 4.24. The van der Waals surface area contributed by atoms with E-state index in [2.05, 4.69) is 51.7 Å². The first-order valence-corrected chi connectivity index (χ1v) is 7.96. The first-order valence-electron chi connectivity index (χ1n) is 7.96. The highest BCUT2D eigenvalue weighted by molar-refractivity contribution is 5.33. The van der Waals surface area contributed by atoms with Gasteiger partial charge in [-0.05, 0) is 50.1 Å². The van der Waals surface area contributed by atoms with Gasteiger partial charge in [-0.1, -0.05) is 12.1 Å². The second-order valence-corrected chi connectivity index (χ2v) is 5.67. The molecular formula is C17H22N6. The van der Waals surface area contributed by atoms with E-state index in [4.69, 9.17) is 0 Å². The van der Waals surface area contributed by atoms with Crippen LogP contribution in [0, 0.1) is 0 Å². The molecule has 0 fully saturated rings. The minimum Gasteiger partial charge on any atom is -0.314 e. The second-order valence-electron chi connectivity index (χ2n) is 5.67. The topological polar surface area (TPSA) is 60.6 Å². The van der Waals surface area contributed by atoms with Gasteiger partial charge in [0.25, 0.3) is 0 Å². The van der Waals surface area contributed by atoms with Crippen LogP contribution in [0.1, 0.15) is 18.9 Å². The lowest BCUT2D eigenvalue weighted by Crippen LogP contribution is -2.29. The van der Waals surface area contributed by atoms with E-state index in [0.717, 1.165) is 31.6 Å². The van der Waals surface area contributed by atoms with Gasteiger partial charge in [-0.15, -0.1) is 0 Å². The van der Waals surface area contributed by atoms with Crippen molar-refractivity contribution < 1.29 is 0 Å². The summed E-state index contributed by atoms with van der Waals surface area (Å²) in [5.41, 5.74) is 2.42. The maximum absolute atomic E-state index is 4.24. The highest BCUT2D eigenvalue weighted by Gasteiger charge is 2.03. The Morgan fingerprint density at radius 2 is 2.04 bits per heavy atom. The first kappa shape index (κ1) is 15.4. The molecule has 120 valence electrons. The normalized spacial score (nSPS) is 12.4. The van der Waals surface area contributed by atoms with Crippen LogP contribution in [0.3, 0.4) is 0 Å². The highest BCUT2D eigenvalue weighted by Crippen LogP contribution is 2.09. The summed E-state index contributed by atoms with van der Waals surface area (Å²) in [6.45, 7) is 4.07. The molecule has 0 radical (unpaired) electrons. The van der Waals surface area contributed by atoms with E-state index in [0.29, 0.717) is 6.04 Å². The van der Waals surface area contributed by atoms with E-state index in [1.165, 1.54) is 5.56 Å². The quantitative estimate of drug-likeness (QED) is 0.692. The van der Waals surface area contributed by atoms with Gasteiger partial charge >= 0.3 is 0 Å². The molecule has 0 spiro atoms. The van der Waals surface area contributed by atoms with Crippen molar-refractivity contribution in [2.45, 2.75) is 32.4 Å². The lowest BCUT2D eigenvalue weighted by molar-refractivity contribution is 0.460. The van der Waals surface area contributed by atoms with Gasteiger partial charge in [0.15, 0.2) is 0 Å². The summed E-state index contributed by atoms with van der Waals surface area (Å²) in [5.74, 6) is 0. The summed E-state index contributed by atoms with van der Waals surface area (Å²) in [7, 11) is 0. The predicted octanol–water partition coefficient (Wildman–Crippen LogP) is 2.07. The summed E-state index contributed by atoms with van der Waals surface area (Å²) in [5, 5.41) is 11.9.